The predicted molar refractivity (Wildman–Crippen MR) is 89.1 cm³/mol. The topological polar surface area (TPSA) is 46.2 Å². The molecule has 102 valence electrons. The van der Waals surface area contributed by atoms with Crippen molar-refractivity contribution in [2.45, 2.75) is 0 Å². The fourth-order valence-corrected chi connectivity index (χ4v) is 2.42. The summed E-state index contributed by atoms with van der Waals surface area (Å²) in [5.74, 6) is 0. The largest absolute Gasteiger partial charge is 0.434 e. The van der Waals surface area contributed by atoms with Crippen LogP contribution < -0.4 is 11.1 Å². The van der Waals surface area contributed by atoms with Crippen LogP contribution in [0.2, 0.25) is 0 Å². The lowest BCUT2D eigenvalue weighted by molar-refractivity contribution is 0.588. The van der Waals surface area contributed by atoms with Crippen molar-refractivity contribution in [3.8, 4) is 22.3 Å². The summed E-state index contributed by atoms with van der Waals surface area (Å²) in [4.78, 5) is 0. The molecule has 0 spiro atoms. The van der Waals surface area contributed by atoms with Gasteiger partial charge in [-0.25, -0.2) is 0 Å². The van der Waals surface area contributed by atoms with E-state index in [1.54, 1.807) is 0 Å². The maximum atomic E-state index is 9.74. The van der Waals surface area contributed by atoms with Crippen LogP contribution in [0.4, 0.5) is 0 Å². The molecule has 0 aromatic heterocycles. The average Bonchev–Trinajstić information content (AvgIpc) is 2.56. The highest BCUT2D eigenvalue weighted by Crippen LogP contribution is 2.25. The van der Waals surface area contributed by atoms with Crippen molar-refractivity contribution in [3.05, 3.63) is 78.9 Å². The van der Waals surface area contributed by atoms with Crippen molar-refractivity contribution in [1.82, 2.24) is 0 Å². The van der Waals surface area contributed by atoms with Gasteiger partial charge in [0.1, 0.15) is 0 Å². The molecule has 0 aliphatic heterocycles. The minimum atomic E-state index is -0.976. The van der Waals surface area contributed by atoms with Gasteiger partial charge in [-0.15, -0.1) is 0 Å². The Kier molecular flexibility index (Phi) is 3.86. The Hall–Kier alpha value is -2.36. The van der Waals surface area contributed by atoms with Gasteiger partial charge < -0.3 is 10.7 Å². The lowest BCUT2D eigenvalue weighted by Gasteiger charge is -2.10. The fourth-order valence-electron chi connectivity index (χ4n) is 2.42. The van der Waals surface area contributed by atoms with Crippen molar-refractivity contribution in [2.75, 3.05) is 0 Å². The molecule has 3 heteroatoms. The highest BCUT2D eigenvalue weighted by atomic mass is 16.2. The second-order valence-corrected chi connectivity index (χ2v) is 5.02. The zero-order valence-corrected chi connectivity index (χ0v) is 11.6. The van der Waals surface area contributed by atoms with E-state index in [1.165, 1.54) is 0 Å². The van der Waals surface area contributed by atoms with E-state index in [0.29, 0.717) is 0 Å². The zero-order valence-electron chi connectivity index (χ0n) is 11.6. The second kappa shape index (κ2) is 5.96. The Morgan fingerprint density at radius 1 is 0.619 bits per heavy atom. The molecule has 3 aromatic rings. The lowest BCUT2D eigenvalue weighted by Crippen LogP contribution is -2.39. The standard InChI is InChI=1S/C18H16BNO/c20-19(21)18-12-16(14-7-3-1-4-8-14)11-17(13-18)15-9-5-2-6-10-15/h1-13,21H,20H2. The molecule has 0 heterocycles. The molecule has 0 amide bonds. The minimum Gasteiger partial charge on any atom is -0.434 e. The van der Waals surface area contributed by atoms with Gasteiger partial charge in [0.2, 0.25) is 0 Å². The SMILES string of the molecule is NB(O)c1cc(-c2ccccc2)cc(-c2ccccc2)c1. The first-order valence-corrected chi connectivity index (χ1v) is 6.93. The molecule has 0 aliphatic rings. The Morgan fingerprint density at radius 3 is 1.43 bits per heavy atom. The van der Waals surface area contributed by atoms with E-state index in [-0.39, 0.29) is 0 Å². The summed E-state index contributed by atoms with van der Waals surface area (Å²) in [5, 5.41) is 9.74. The fraction of sp³-hybridized carbons (Fsp3) is 0. The Balaban J connectivity index is 2.16. The molecule has 0 atom stereocenters. The molecule has 0 fully saturated rings. The van der Waals surface area contributed by atoms with Gasteiger partial charge in [0.25, 0.3) is 0 Å². The molecule has 0 aliphatic carbocycles. The number of hydrogen-bond donors (Lipinski definition) is 2. The van der Waals surface area contributed by atoms with Crippen LogP contribution in [0.15, 0.2) is 78.9 Å². The number of hydrogen-bond acceptors (Lipinski definition) is 2. The van der Waals surface area contributed by atoms with Gasteiger partial charge in [-0.1, -0.05) is 72.8 Å². The van der Waals surface area contributed by atoms with Gasteiger partial charge in [0.15, 0.2) is 0 Å². The van der Waals surface area contributed by atoms with Gasteiger partial charge in [-0.3, -0.25) is 0 Å². The summed E-state index contributed by atoms with van der Waals surface area (Å²) in [6.45, 7) is 0. The van der Waals surface area contributed by atoms with Gasteiger partial charge in [0.05, 0.1) is 0 Å². The summed E-state index contributed by atoms with van der Waals surface area (Å²) in [5.41, 5.74) is 10.7. The van der Waals surface area contributed by atoms with Gasteiger partial charge in [-0.2, -0.15) is 0 Å². The molecule has 0 radical (unpaired) electrons. The average molecular weight is 273 g/mol. The van der Waals surface area contributed by atoms with Gasteiger partial charge in [-0.05, 0) is 33.8 Å². The van der Waals surface area contributed by atoms with Crippen LogP contribution in [0.5, 0.6) is 0 Å². The molecule has 3 aromatic carbocycles. The Labute approximate surface area is 125 Å². The Morgan fingerprint density at radius 2 is 1.05 bits per heavy atom. The van der Waals surface area contributed by atoms with Crippen molar-refractivity contribution in [1.29, 1.82) is 0 Å². The molecular formula is C18H16BNO. The molecule has 0 unspecified atom stereocenters. The van der Waals surface area contributed by atoms with Crippen LogP contribution in [0.3, 0.4) is 0 Å². The first-order valence-electron chi connectivity index (χ1n) is 6.93. The molecular weight excluding hydrogens is 257 g/mol. The summed E-state index contributed by atoms with van der Waals surface area (Å²) < 4.78 is 0. The van der Waals surface area contributed by atoms with Crippen LogP contribution in [0, 0.1) is 0 Å². The molecule has 0 bridgehead atoms. The second-order valence-electron chi connectivity index (χ2n) is 5.02. The predicted octanol–water partition coefficient (Wildman–Crippen LogP) is 2.67. The van der Waals surface area contributed by atoms with Crippen LogP contribution in [0.1, 0.15) is 0 Å². The highest BCUT2D eigenvalue weighted by molar-refractivity contribution is 6.63. The van der Waals surface area contributed by atoms with Crippen molar-refractivity contribution >= 4 is 12.5 Å². The van der Waals surface area contributed by atoms with E-state index in [0.717, 1.165) is 27.7 Å². The van der Waals surface area contributed by atoms with E-state index in [1.807, 2.05) is 48.5 Å². The summed E-state index contributed by atoms with van der Waals surface area (Å²) in [6.07, 6.45) is 0. The van der Waals surface area contributed by atoms with E-state index >= 15 is 0 Å². The normalized spacial score (nSPS) is 10.4. The lowest BCUT2D eigenvalue weighted by atomic mass is 9.74. The van der Waals surface area contributed by atoms with E-state index in [4.69, 9.17) is 5.64 Å². The number of benzene rings is 3. The van der Waals surface area contributed by atoms with Crippen LogP contribution in [0.25, 0.3) is 22.3 Å². The summed E-state index contributed by atoms with van der Waals surface area (Å²) >= 11 is 0. The third-order valence-corrected chi connectivity index (χ3v) is 3.51. The van der Waals surface area contributed by atoms with Crippen LogP contribution in [-0.2, 0) is 0 Å². The first-order chi connectivity index (χ1) is 10.2. The highest BCUT2D eigenvalue weighted by Gasteiger charge is 2.12. The quantitative estimate of drug-likeness (QED) is 0.721. The van der Waals surface area contributed by atoms with Gasteiger partial charge >= 0.3 is 7.05 Å². The Bertz CT molecular complexity index is 669. The summed E-state index contributed by atoms with van der Waals surface area (Å²) in [7, 11) is -0.976. The molecule has 3 rings (SSSR count). The molecule has 3 N–H and O–H groups in total. The minimum absolute atomic E-state index is 0.718. The summed E-state index contributed by atoms with van der Waals surface area (Å²) in [6, 6.07) is 26.2. The van der Waals surface area contributed by atoms with Crippen molar-refractivity contribution < 1.29 is 5.02 Å². The van der Waals surface area contributed by atoms with Crippen molar-refractivity contribution in [3.63, 3.8) is 0 Å². The van der Waals surface area contributed by atoms with E-state index < -0.39 is 7.05 Å². The number of nitrogens with two attached hydrogens (primary N) is 1. The zero-order chi connectivity index (χ0) is 14.7. The molecule has 0 saturated carbocycles. The molecule has 21 heavy (non-hydrogen) atoms. The molecule has 0 saturated heterocycles. The number of rotatable bonds is 3. The smallest absolute Gasteiger partial charge is 0.410 e. The van der Waals surface area contributed by atoms with E-state index in [2.05, 4.69) is 30.3 Å². The van der Waals surface area contributed by atoms with Crippen LogP contribution in [-0.4, -0.2) is 12.1 Å². The maximum absolute atomic E-state index is 9.74. The first kappa shape index (κ1) is 13.6. The maximum Gasteiger partial charge on any atom is 0.410 e. The van der Waals surface area contributed by atoms with Gasteiger partial charge in [0, 0.05) is 0 Å². The molecule has 2 nitrogen and oxygen atoms in total. The third kappa shape index (κ3) is 3.05. The van der Waals surface area contributed by atoms with E-state index in [9.17, 15) is 5.02 Å². The third-order valence-electron chi connectivity index (χ3n) is 3.51. The van der Waals surface area contributed by atoms with Crippen LogP contribution >= 0.6 is 0 Å². The van der Waals surface area contributed by atoms with Crippen molar-refractivity contribution in [2.24, 2.45) is 5.64 Å². The monoisotopic (exact) mass is 273 g/mol.